The highest BCUT2D eigenvalue weighted by Crippen LogP contribution is 2.47. The van der Waals surface area contributed by atoms with Crippen molar-refractivity contribution in [2.45, 2.75) is 105 Å². The van der Waals surface area contributed by atoms with Crippen LogP contribution in [0.25, 0.3) is 0 Å². The molecule has 1 aliphatic carbocycles. The summed E-state index contributed by atoms with van der Waals surface area (Å²) in [4.78, 5) is 0. The molecule has 1 saturated carbocycles. The lowest BCUT2D eigenvalue weighted by atomic mass is 9.63. The fourth-order valence-corrected chi connectivity index (χ4v) is 3.87. The number of nitrogens with zero attached hydrogens (tertiary/aromatic N) is 1. The monoisotopic (exact) mass is 291 g/mol. The van der Waals surface area contributed by atoms with E-state index in [1.54, 1.807) is 0 Å². The molecule has 0 aromatic carbocycles. The van der Waals surface area contributed by atoms with Crippen molar-refractivity contribution in [1.29, 1.82) is 5.26 Å². The van der Waals surface area contributed by atoms with E-state index in [2.05, 4.69) is 33.8 Å². The Morgan fingerprint density at radius 2 is 1.48 bits per heavy atom. The second-order valence-corrected chi connectivity index (χ2v) is 8.40. The van der Waals surface area contributed by atoms with Gasteiger partial charge in [0.1, 0.15) is 0 Å². The van der Waals surface area contributed by atoms with Crippen LogP contribution in [0.5, 0.6) is 0 Å². The van der Waals surface area contributed by atoms with E-state index in [-0.39, 0.29) is 5.41 Å². The molecule has 21 heavy (non-hydrogen) atoms. The summed E-state index contributed by atoms with van der Waals surface area (Å²) in [5.41, 5.74) is 0.437. The van der Waals surface area contributed by atoms with E-state index in [9.17, 15) is 5.26 Å². The van der Waals surface area contributed by atoms with Crippen molar-refractivity contribution >= 4 is 0 Å². The van der Waals surface area contributed by atoms with Crippen molar-refractivity contribution in [2.75, 3.05) is 0 Å². The molecule has 0 heterocycles. The minimum absolute atomic E-state index is 0.0190. The molecule has 0 N–H and O–H groups in total. The highest BCUT2D eigenvalue weighted by atomic mass is 14.4. The van der Waals surface area contributed by atoms with Gasteiger partial charge in [-0.25, -0.2) is 0 Å². The minimum atomic E-state index is 0.0190. The molecule has 0 saturated heterocycles. The van der Waals surface area contributed by atoms with Crippen molar-refractivity contribution in [1.82, 2.24) is 0 Å². The van der Waals surface area contributed by atoms with Crippen molar-refractivity contribution < 1.29 is 0 Å². The van der Waals surface area contributed by atoms with Crippen LogP contribution in [-0.2, 0) is 0 Å². The van der Waals surface area contributed by atoms with Crippen LogP contribution in [0.1, 0.15) is 105 Å². The molecule has 1 aliphatic rings. The molecule has 0 aromatic heterocycles. The Morgan fingerprint density at radius 3 is 1.95 bits per heavy atom. The normalized spacial score (nSPS) is 26.5. The lowest BCUT2D eigenvalue weighted by Gasteiger charge is -2.40. The fourth-order valence-electron chi connectivity index (χ4n) is 3.87. The molecule has 0 aromatic rings. The molecule has 0 spiro atoms. The largest absolute Gasteiger partial charge is 0.198 e. The zero-order valence-corrected chi connectivity index (χ0v) is 15.0. The highest BCUT2D eigenvalue weighted by Gasteiger charge is 2.38. The van der Waals surface area contributed by atoms with Crippen molar-refractivity contribution in [3.05, 3.63) is 0 Å². The molecule has 0 atom stereocenters. The van der Waals surface area contributed by atoms with E-state index in [1.165, 1.54) is 57.8 Å². The lowest BCUT2D eigenvalue weighted by Crippen LogP contribution is -2.31. The predicted octanol–water partition coefficient (Wildman–Crippen LogP) is 6.87. The SMILES string of the molecule is CCCCCCCCCC1(C#N)CCC(C(C)(C)C)CC1. The molecule has 0 aliphatic heterocycles. The van der Waals surface area contributed by atoms with E-state index in [0.717, 1.165) is 25.2 Å². The van der Waals surface area contributed by atoms with Gasteiger partial charge in [0.25, 0.3) is 0 Å². The van der Waals surface area contributed by atoms with Gasteiger partial charge in [-0.3, -0.25) is 0 Å². The maximum atomic E-state index is 9.65. The Bertz CT molecular complexity index is 310. The van der Waals surface area contributed by atoms with Crippen LogP contribution in [0.2, 0.25) is 0 Å². The Kier molecular flexibility index (Phi) is 7.78. The molecule has 0 unspecified atom stereocenters. The second-order valence-electron chi connectivity index (χ2n) is 8.40. The van der Waals surface area contributed by atoms with Gasteiger partial charge in [0, 0.05) is 0 Å². The van der Waals surface area contributed by atoms with Crippen LogP contribution in [0.15, 0.2) is 0 Å². The first kappa shape index (κ1) is 18.5. The molecule has 1 fully saturated rings. The molecule has 1 nitrogen and oxygen atoms in total. The third-order valence-electron chi connectivity index (χ3n) is 5.66. The number of unbranched alkanes of at least 4 members (excludes halogenated alkanes) is 6. The summed E-state index contributed by atoms with van der Waals surface area (Å²) in [6, 6.07) is 2.70. The number of hydrogen-bond acceptors (Lipinski definition) is 1. The van der Waals surface area contributed by atoms with E-state index >= 15 is 0 Å². The van der Waals surface area contributed by atoms with Crippen LogP contribution in [-0.4, -0.2) is 0 Å². The lowest BCUT2D eigenvalue weighted by molar-refractivity contribution is 0.113. The summed E-state index contributed by atoms with van der Waals surface area (Å²) < 4.78 is 0. The van der Waals surface area contributed by atoms with Gasteiger partial charge in [0.15, 0.2) is 0 Å². The summed E-state index contributed by atoms with van der Waals surface area (Å²) >= 11 is 0. The molecule has 1 rings (SSSR count). The summed E-state index contributed by atoms with van der Waals surface area (Å²) in [5, 5.41) is 9.65. The van der Waals surface area contributed by atoms with E-state index < -0.39 is 0 Å². The topological polar surface area (TPSA) is 23.8 Å². The van der Waals surface area contributed by atoms with Crippen LogP contribution in [0.3, 0.4) is 0 Å². The van der Waals surface area contributed by atoms with Gasteiger partial charge >= 0.3 is 0 Å². The summed E-state index contributed by atoms with van der Waals surface area (Å²) in [5.74, 6) is 0.813. The van der Waals surface area contributed by atoms with Gasteiger partial charge in [-0.05, 0) is 43.4 Å². The van der Waals surface area contributed by atoms with E-state index in [0.29, 0.717) is 5.41 Å². The van der Waals surface area contributed by atoms with Crippen molar-refractivity contribution in [3.63, 3.8) is 0 Å². The summed E-state index contributed by atoms with van der Waals surface area (Å²) in [7, 11) is 0. The maximum absolute atomic E-state index is 9.65. The quantitative estimate of drug-likeness (QED) is 0.447. The maximum Gasteiger partial charge on any atom is 0.0689 e. The van der Waals surface area contributed by atoms with Crippen LogP contribution in [0.4, 0.5) is 0 Å². The van der Waals surface area contributed by atoms with Crippen molar-refractivity contribution in [3.8, 4) is 6.07 Å². The first-order chi connectivity index (χ1) is 9.93. The van der Waals surface area contributed by atoms with Crippen LogP contribution in [0, 0.1) is 28.1 Å². The van der Waals surface area contributed by atoms with Gasteiger partial charge < -0.3 is 0 Å². The van der Waals surface area contributed by atoms with Crippen LogP contribution < -0.4 is 0 Å². The standard InChI is InChI=1S/C20H37N/c1-5-6-7-8-9-10-11-14-20(17-21)15-12-18(13-16-20)19(2,3)4/h18H,5-16H2,1-4H3. The number of hydrogen-bond donors (Lipinski definition) is 0. The fraction of sp³-hybridized carbons (Fsp3) is 0.950. The van der Waals surface area contributed by atoms with Gasteiger partial charge in [-0.15, -0.1) is 0 Å². The Hall–Kier alpha value is -0.510. The van der Waals surface area contributed by atoms with Crippen molar-refractivity contribution in [2.24, 2.45) is 16.7 Å². The Labute approximate surface area is 133 Å². The van der Waals surface area contributed by atoms with Gasteiger partial charge in [-0.1, -0.05) is 72.6 Å². The zero-order chi connectivity index (χ0) is 15.8. The van der Waals surface area contributed by atoms with Gasteiger partial charge in [0.05, 0.1) is 11.5 Å². The smallest absolute Gasteiger partial charge is 0.0689 e. The molecule has 0 radical (unpaired) electrons. The summed E-state index contributed by atoms with van der Waals surface area (Å²) in [6.45, 7) is 9.33. The third kappa shape index (κ3) is 6.41. The third-order valence-corrected chi connectivity index (χ3v) is 5.66. The minimum Gasteiger partial charge on any atom is -0.198 e. The average molecular weight is 292 g/mol. The predicted molar refractivity (Wildman–Crippen MR) is 92.1 cm³/mol. The van der Waals surface area contributed by atoms with E-state index in [1.807, 2.05) is 0 Å². The molecule has 0 amide bonds. The van der Waals surface area contributed by atoms with Crippen LogP contribution >= 0.6 is 0 Å². The molecule has 122 valence electrons. The highest BCUT2D eigenvalue weighted by molar-refractivity contribution is 5.02. The molecule has 0 bridgehead atoms. The molecule has 1 heteroatoms. The number of nitriles is 1. The summed E-state index contributed by atoms with van der Waals surface area (Å²) in [6.07, 6.45) is 15.4. The average Bonchev–Trinajstić information content (AvgIpc) is 2.46. The zero-order valence-electron chi connectivity index (χ0n) is 15.0. The first-order valence-electron chi connectivity index (χ1n) is 9.35. The van der Waals surface area contributed by atoms with Gasteiger partial charge in [0.2, 0.25) is 0 Å². The van der Waals surface area contributed by atoms with E-state index in [4.69, 9.17) is 0 Å². The second kappa shape index (κ2) is 8.82. The Balaban J connectivity index is 2.25. The van der Waals surface area contributed by atoms with Gasteiger partial charge in [-0.2, -0.15) is 5.26 Å². The number of rotatable bonds is 8. The first-order valence-corrected chi connectivity index (χ1v) is 9.35. The molecular formula is C20H37N. The Morgan fingerprint density at radius 1 is 0.952 bits per heavy atom. The molecular weight excluding hydrogens is 254 g/mol.